The van der Waals surface area contributed by atoms with Crippen LogP contribution in [0.2, 0.25) is 5.02 Å². The molecule has 4 nitrogen and oxygen atoms in total. The smallest absolute Gasteiger partial charge is 0.251 e. The fraction of sp³-hybridized carbons (Fsp3) is 0.103. The van der Waals surface area contributed by atoms with Crippen LogP contribution in [-0.2, 0) is 0 Å². The average Bonchev–Trinajstić information content (AvgIpc) is 3.35. The summed E-state index contributed by atoms with van der Waals surface area (Å²) in [4.78, 5) is 13.7. The van der Waals surface area contributed by atoms with Crippen LogP contribution in [0.3, 0.4) is 0 Å². The summed E-state index contributed by atoms with van der Waals surface area (Å²) in [6.45, 7) is 0. The first-order chi connectivity index (χ1) is 17.1. The number of nitrogens with zero attached hydrogens (tertiary/aromatic N) is 2. The molecule has 0 N–H and O–H groups in total. The molecule has 0 unspecified atom stereocenters. The Bertz CT molecular complexity index is 1440. The lowest BCUT2D eigenvalue weighted by Crippen LogP contribution is -2.45. The molecule has 6 rings (SSSR count). The number of fused-ring (bicyclic) bond motifs is 3. The summed E-state index contributed by atoms with van der Waals surface area (Å²) in [5, 5.41) is 7.30. The van der Waals surface area contributed by atoms with Crippen molar-refractivity contribution in [2.24, 2.45) is 5.10 Å². The number of ether oxygens (including phenoxy) is 1. The first-order valence-electron chi connectivity index (χ1n) is 11.3. The van der Waals surface area contributed by atoms with E-state index in [2.05, 4.69) is 28.1 Å². The number of benzene rings is 4. The topological polar surface area (TPSA) is 41.9 Å². The average molecular weight is 544 g/mol. The van der Waals surface area contributed by atoms with Crippen molar-refractivity contribution < 1.29 is 9.53 Å². The second-order valence-electron chi connectivity index (χ2n) is 8.61. The van der Waals surface area contributed by atoms with Gasteiger partial charge in [0.25, 0.3) is 6.23 Å². The van der Waals surface area contributed by atoms with E-state index in [1.165, 1.54) is 0 Å². The molecule has 2 atom stereocenters. The van der Waals surface area contributed by atoms with Crippen molar-refractivity contribution >= 4 is 39.0 Å². The van der Waals surface area contributed by atoms with E-state index in [0.717, 1.165) is 32.4 Å². The Kier molecular flexibility index (Phi) is 5.67. The highest BCUT2D eigenvalue weighted by atomic mass is 79.9. The lowest BCUT2D eigenvalue weighted by molar-refractivity contribution is -0.00454. The summed E-state index contributed by atoms with van der Waals surface area (Å²) in [7, 11) is 0. The van der Waals surface area contributed by atoms with E-state index in [4.69, 9.17) is 21.4 Å². The van der Waals surface area contributed by atoms with E-state index in [-0.39, 0.29) is 11.8 Å². The van der Waals surface area contributed by atoms with E-state index >= 15 is 0 Å². The number of halogens is 2. The van der Waals surface area contributed by atoms with Gasteiger partial charge in [-0.2, -0.15) is 5.10 Å². The highest BCUT2D eigenvalue weighted by Crippen LogP contribution is 2.44. The van der Waals surface area contributed by atoms with Gasteiger partial charge >= 0.3 is 0 Å². The number of carbonyl (C=O) groups is 1. The fourth-order valence-corrected chi connectivity index (χ4v) is 5.09. The van der Waals surface area contributed by atoms with Gasteiger partial charge in [-0.3, -0.25) is 4.79 Å². The number of hydrogen-bond donors (Lipinski definition) is 0. The van der Waals surface area contributed by atoms with Crippen molar-refractivity contribution in [1.29, 1.82) is 0 Å². The summed E-state index contributed by atoms with van der Waals surface area (Å²) >= 11 is 9.80. The van der Waals surface area contributed by atoms with Gasteiger partial charge in [0.2, 0.25) is 5.78 Å². The Morgan fingerprint density at radius 1 is 0.886 bits per heavy atom. The van der Waals surface area contributed by atoms with Crippen molar-refractivity contribution in [1.82, 2.24) is 5.01 Å². The minimum absolute atomic E-state index is 0.129. The van der Waals surface area contributed by atoms with Gasteiger partial charge in [0.05, 0.1) is 11.8 Å². The van der Waals surface area contributed by atoms with Gasteiger partial charge in [-0.1, -0.05) is 94.3 Å². The third-order valence-electron chi connectivity index (χ3n) is 6.43. The zero-order valence-electron chi connectivity index (χ0n) is 18.6. The minimum Gasteiger partial charge on any atom is -0.461 e. The normalized spacial score (nSPS) is 18.3. The molecule has 35 heavy (non-hydrogen) atoms. The van der Waals surface area contributed by atoms with Crippen LogP contribution < -0.4 is 4.74 Å². The Balaban J connectivity index is 1.36. The molecule has 0 aliphatic carbocycles. The monoisotopic (exact) mass is 542 g/mol. The van der Waals surface area contributed by atoms with Crippen molar-refractivity contribution in [3.05, 3.63) is 123 Å². The molecule has 2 aliphatic rings. The summed E-state index contributed by atoms with van der Waals surface area (Å²) in [6, 6.07) is 31.2. The highest BCUT2D eigenvalue weighted by Gasteiger charge is 2.43. The first-order valence-corrected chi connectivity index (χ1v) is 12.5. The summed E-state index contributed by atoms with van der Waals surface area (Å²) < 4.78 is 7.24. The maximum atomic E-state index is 13.7. The molecule has 0 amide bonds. The number of carbonyl (C=O) groups excluding carboxylic acids is 1. The second-order valence-corrected chi connectivity index (χ2v) is 9.97. The number of hydrogen-bond acceptors (Lipinski definition) is 4. The maximum Gasteiger partial charge on any atom is 0.251 e. The standard InChI is InChI=1S/C29H20BrClN2O2/c30-22-12-10-20(11-13-22)25-17-26-24-16-23(31)14-15-27(24)35-29(33(26)32-25)28(34)21-8-6-19(7-9-21)18-4-2-1-3-5-18/h1-16,26,29H,17H2/t26-,29-/m0/s1. The molecule has 0 aromatic heterocycles. The molecule has 2 aliphatic heterocycles. The first kappa shape index (κ1) is 22.1. The predicted octanol–water partition coefficient (Wildman–Crippen LogP) is 7.52. The molecule has 0 radical (unpaired) electrons. The fourth-order valence-electron chi connectivity index (χ4n) is 4.65. The molecule has 172 valence electrons. The molecule has 2 heterocycles. The minimum atomic E-state index is -0.857. The number of rotatable bonds is 4. The Morgan fingerprint density at radius 2 is 1.57 bits per heavy atom. The van der Waals surface area contributed by atoms with E-state index in [1.54, 1.807) is 11.1 Å². The third kappa shape index (κ3) is 4.15. The molecular formula is C29H20BrClN2O2. The maximum absolute atomic E-state index is 13.7. The van der Waals surface area contributed by atoms with E-state index < -0.39 is 6.23 Å². The van der Waals surface area contributed by atoms with Gasteiger partial charge in [-0.25, -0.2) is 5.01 Å². The van der Waals surface area contributed by atoms with Crippen LogP contribution >= 0.6 is 27.5 Å². The van der Waals surface area contributed by atoms with E-state index in [9.17, 15) is 4.79 Å². The summed E-state index contributed by atoms with van der Waals surface area (Å²) in [6.07, 6.45) is -0.195. The second kappa shape index (κ2) is 8.99. The summed E-state index contributed by atoms with van der Waals surface area (Å²) in [5.74, 6) is 0.540. The van der Waals surface area contributed by atoms with Crippen molar-refractivity contribution in [2.75, 3.05) is 0 Å². The van der Waals surface area contributed by atoms with Crippen LogP contribution in [0.4, 0.5) is 0 Å². The van der Waals surface area contributed by atoms with Crippen LogP contribution in [0.5, 0.6) is 5.75 Å². The molecule has 4 aromatic carbocycles. The molecule has 0 saturated carbocycles. The molecule has 0 spiro atoms. The van der Waals surface area contributed by atoms with Gasteiger partial charge in [0.15, 0.2) is 0 Å². The Hall–Kier alpha value is -3.41. The van der Waals surface area contributed by atoms with Gasteiger partial charge in [-0.05, 0) is 47.0 Å². The highest BCUT2D eigenvalue weighted by molar-refractivity contribution is 9.10. The lowest BCUT2D eigenvalue weighted by atomic mass is 9.95. The van der Waals surface area contributed by atoms with Crippen LogP contribution in [-0.4, -0.2) is 22.7 Å². The molecule has 4 aromatic rings. The predicted molar refractivity (Wildman–Crippen MR) is 142 cm³/mol. The molecular weight excluding hydrogens is 524 g/mol. The van der Waals surface area contributed by atoms with Crippen molar-refractivity contribution in [3.8, 4) is 16.9 Å². The number of ketones is 1. The van der Waals surface area contributed by atoms with Crippen LogP contribution in [0.15, 0.2) is 107 Å². The lowest BCUT2D eigenvalue weighted by Gasteiger charge is -2.37. The van der Waals surface area contributed by atoms with Gasteiger partial charge in [0, 0.05) is 27.0 Å². The number of hydrazone groups is 1. The molecule has 0 fully saturated rings. The van der Waals surface area contributed by atoms with Crippen molar-refractivity contribution in [3.63, 3.8) is 0 Å². The van der Waals surface area contributed by atoms with Crippen molar-refractivity contribution in [2.45, 2.75) is 18.7 Å². The van der Waals surface area contributed by atoms with Crippen LogP contribution in [0.25, 0.3) is 11.1 Å². The van der Waals surface area contributed by atoms with E-state index in [0.29, 0.717) is 22.8 Å². The van der Waals surface area contributed by atoms with E-state index in [1.807, 2.05) is 78.9 Å². The Labute approximate surface area is 216 Å². The van der Waals surface area contributed by atoms with Crippen LogP contribution in [0, 0.1) is 0 Å². The molecule has 0 bridgehead atoms. The SMILES string of the molecule is O=C(c1ccc(-c2ccccc2)cc1)[C@@H]1Oc2ccc(Cl)cc2[C@@H]2CC(c3ccc(Br)cc3)=NN12. The number of Topliss-reactive ketones (excluding diaryl/α,β-unsaturated/α-hetero) is 1. The van der Waals surface area contributed by atoms with Gasteiger partial charge in [-0.15, -0.1) is 0 Å². The van der Waals surface area contributed by atoms with Crippen LogP contribution in [0.1, 0.15) is 33.9 Å². The van der Waals surface area contributed by atoms with Gasteiger partial charge < -0.3 is 4.74 Å². The zero-order valence-corrected chi connectivity index (χ0v) is 20.9. The Morgan fingerprint density at radius 3 is 2.31 bits per heavy atom. The summed E-state index contributed by atoms with van der Waals surface area (Å²) in [5.41, 5.74) is 5.62. The zero-order chi connectivity index (χ0) is 23.9. The van der Waals surface area contributed by atoms with Gasteiger partial charge in [0.1, 0.15) is 5.75 Å². The molecule has 0 saturated heterocycles. The quantitative estimate of drug-likeness (QED) is 0.250. The largest absolute Gasteiger partial charge is 0.461 e. The third-order valence-corrected chi connectivity index (χ3v) is 7.19. The molecule has 6 heteroatoms.